The predicted molar refractivity (Wildman–Crippen MR) is 73.2 cm³/mol. The molecule has 0 aromatic carbocycles. The van der Waals surface area contributed by atoms with Crippen LogP contribution in [0.15, 0.2) is 0 Å². The average molecular weight is 256 g/mol. The van der Waals surface area contributed by atoms with Crippen LogP contribution in [0.25, 0.3) is 0 Å². The summed E-state index contributed by atoms with van der Waals surface area (Å²) < 4.78 is 4.90. The summed E-state index contributed by atoms with van der Waals surface area (Å²) in [7, 11) is 1.56. The molecule has 106 valence electrons. The third-order valence-corrected chi connectivity index (χ3v) is 4.24. The van der Waals surface area contributed by atoms with Crippen LogP contribution in [0.1, 0.15) is 46.0 Å². The highest BCUT2D eigenvalue weighted by atomic mass is 16.5. The number of carbonyl (C=O) groups is 1. The highest BCUT2D eigenvalue weighted by Gasteiger charge is 2.26. The van der Waals surface area contributed by atoms with E-state index < -0.39 is 6.04 Å². The third-order valence-electron chi connectivity index (χ3n) is 4.24. The van der Waals surface area contributed by atoms with Crippen LogP contribution in [0.2, 0.25) is 0 Å². The number of nitrogens with one attached hydrogen (secondary N) is 1. The van der Waals surface area contributed by atoms with E-state index in [9.17, 15) is 4.79 Å². The topological polar surface area (TPSA) is 64.3 Å². The van der Waals surface area contributed by atoms with E-state index in [0.29, 0.717) is 5.92 Å². The molecule has 0 aromatic rings. The molecule has 4 heteroatoms. The van der Waals surface area contributed by atoms with Gasteiger partial charge in [-0.1, -0.05) is 39.0 Å². The summed E-state index contributed by atoms with van der Waals surface area (Å²) in [5.41, 5.74) is 5.72. The maximum Gasteiger partial charge on any atom is 0.239 e. The summed E-state index contributed by atoms with van der Waals surface area (Å²) >= 11 is 0. The second kappa shape index (κ2) is 7.74. The summed E-state index contributed by atoms with van der Waals surface area (Å²) in [5.74, 6) is 1.16. The zero-order valence-corrected chi connectivity index (χ0v) is 11.9. The van der Waals surface area contributed by atoms with Gasteiger partial charge in [0.1, 0.15) is 6.04 Å². The van der Waals surface area contributed by atoms with Crippen LogP contribution in [0.5, 0.6) is 0 Å². The van der Waals surface area contributed by atoms with Gasteiger partial charge in [-0.2, -0.15) is 0 Å². The van der Waals surface area contributed by atoms with Gasteiger partial charge in [0.15, 0.2) is 0 Å². The Labute approximate surface area is 111 Å². The van der Waals surface area contributed by atoms with Crippen LogP contribution in [0, 0.1) is 11.8 Å². The van der Waals surface area contributed by atoms with E-state index in [4.69, 9.17) is 10.5 Å². The minimum absolute atomic E-state index is 0.105. The van der Waals surface area contributed by atoms with Gasteiger partial charge in [0.2, 0.25) is 5.91 Å². The predicted octanol–water partition coefficient (Wildman–Crippen LogP) is 1.68. The number of rotatable bonds is 6. The van der Waals surface area contributed by atoms with Gasteiger partial charge >= 0.3 is 0 Å². The fraction of sp³-hybridized carbons (Fsp3) is 0.929. The van der Waals surface area contributed by atoms with Crippen LogP contribution < -0.4 is 11.1 Å². The maximum atomic E-state index is 11.8. The van der Waals surface area contributed by atoms with Gasteiger partial charge in [-0.3, -0.25) is 4.79 Å². The van der Waals surface area contributed by atoms with Gasteiger partial charge in [-0.05, 0) is 18.8 Å². The van der Waals surface area contributed by atoms with Crippen LogP contribution in [-0.4, -0.2) is 31.7 Å². The van der Waals surface area contributed by atoms with Gasteiger partial charge in [-0.15, -0.1) is 0 Å². The summed E-state index contributed by atoms with van der Waals surface area (Å²) in [6.45, 7) is 4.59. The lowest BCUT2D eigenvalue weighted by Crippen LogP contribution is -2.49. The van der Waals surface area contributed by atoms with E-state index in [1.54, 1.807) is 7.11 Å². The minimum atomic E-state index is -0.559. The van der Waals surface area contributed by atoms with E-state index in [2.05, 4.69) is 19.2 Å². The van der Waals surface area contributed by atoms with Crippen molar-refractivity contribution in [2.24, 2.45) is 17.6 Å². The van der Waals surface area contributed by atoms with Crippen molar-refractivity contribution in [2.45, 2.75) is 58.0 Å². The van der Waals surface area contributed by atoms with Crippen LogP contribution in [0.4, 0.5) is 0 Å². The van der Waals surface area contributed by atoms with Gasteiger partial charge in [0.25, 0.3) is 0 Å². The molecule has 1 rings (SSSR count). The van der Waals surface area contributed by atoms with Crippen molar-refractivity contribution < 1.29 is 9.53 Å². The molecule has 4 nitrogen and oxygen atoms in total. The molecule has 1 aliphatic rings. The van der Waals surface area contributed by atoms with E-state index in [-0.39, 0.29) is 18.6 Å². The second-order valence-electron chi connectivity index (χ2n) is 5.62. The molecule has 0 bridgehead atoms. The first-order valence-corrected chi connectivity index (χ1v) is 7.11. The number of amides is 1. The minimum Gasteiger partial charge on any atom is -0.383 e. The number of methoxy groups -OCH3 is 1. The monoisotopic (exact) mass is 256 g/mol. The standard InChI is InChI=1S/C14H28N2O2/c1-10(12-7-5-4-6-8-12)11(2)16-14(17)13(15)9-18-3/h10-13H,4-9,15H2,1-3H3,(H,16,17). The highest BCUT2D eigenvalue weighted by molar-refractivity contribution is 5.81. The Kier molecular flexibility index (Phi) is 6.65. The molecule has 0 heterocycles. The van der Waals surface area contributed by atoms with Gasteiger partial charge in [0.05, 0.1) is 6.61 Å². The Bertz CT molecular complexity index is 252. The van der Waals surface area contributed by atoms with Crippen molar-refractivity contribution in [3.8, 4) is 0 Å². The number of nitrogens with two attached hydrogens (primary N) is 1. The maximum absolute atomic E-state index is 11.8. The molecule has 0 saturated heterocycles. The first-order chi connectivity index (χ1) is 8.56. The summed E-state index contributed by atoms with van der Waals surface area (Å²) in [5, 5.41) is 3.02. The molecule has 3 N–H and O–H groups in total. The smallest absolute Gasteiger partial charge is 0.239 e. The Hall–Kier alpha value is -0.610. The van der Waals surface area contributed by atoms with Crippen molar-refractivity contribution >= 4 is 5.91 Å². The summed E-state index contributed by atoms with van der Waals surface area (Å²) in [6, 6.07) is -0.375. The molecule has 3 unspecified atom stereocenters. The molecule has 3 atom stereocenters. The van der Waals surface area contributed by atoms with E-state index in [1.807, 2.05) is 0 Å². The van der Waals surface area contributed by atoms with E-state index >= 15 is 0 Å². The lowest BCUT2D eigenvalue weighted by Gasteiger charge is -2.32. The van der Waals surface area contributed by atoms with Crippen molar-refractivity contribution in [3.63, 3.8) is 0 Å². The van der Waals surface area contributed by atoms with Crippen LogP contribution in [-0.2, 0) is 9.53 Å². The normalized spacial score (nSPS) is 22.2. The molecule has 0 aromatic heterocycles. The Morgan fingerprint density at radius 1 is 1.33 bits per heavy atom. The molecule has 0 aliphatic heterocycles. The second-order valence-corrected chi connectivity index (χ2v) is 5.62. The number of hydrogen-bond donors (Lipinski definition) is 2. The molecule has 1 saturated carbocycles. The summed E-state index contributed by atoms with van der Waals surface area (Å²) in [6.07, 6.45) is 6.62. The highest BCUT2D eigenvalue weighted by Crippen LogP contribution is 2.31. The van der Waals surface area contributed by atoms with Crippen LogP contribution in [0.3, 0.4) is 0 Å². The largest absolute Gasteiger partial charge is 0.383 e. The van der Waals surface area contributed by atoms with Crippen molar-refractivity contribution in [2.75, 3.05) is 13.7 Å². The molecular weight excluding hydrogens is 228 g/mol. The number of hydrogen-bond acceptors (Lipinski definition) is 3. The Balaban J connectivity index is 2.38. The quantitative estimate of drug-likeness (QED) is 0.760. The van der Waals surface area contributed by atoms with Gasteiger partial charge in [-0.25, -0.2) is 0 Å². The fourth-order valence-electron chi connectivity index (χ4n) is 2.79. The number of carbonyl (C=O) groups excluding carboxylic acids is 1. The lowest BCUT2D eigenvalue weighted by atomic mass is 9.78. The Morgan fingerprint density at radius 2 is 1.94 bits per heavy atom. The SMILES string of the molecule is COCC(N)C(=O)NC(C)C(C)C1CCCCC1. The van der Waals surface area contributed by atoms with Crippen molar-refractivity contribution in [3.05, 3.63) is 0 Å². The molecule has 0 radical (unpaired) electrons. The van der Waals surface area contributed by atoms with Crippen LogP contribution >= 0.6 is 0 Å². The van der Waals surface area contributed by atoms with Gasteiger partial charge < -0.3 is 15.8 Å². The number of ether oxygens (including phenoxy) is 1. The average Bonchev–Trinajstić information content (AvgIpc) is 2.39. The molecular formula is C14H28N2O2. The molecule has 18 heavy (non-hydrogen) atoms. The first kappa shape index (κ1) is 15.4. The van der Waals surface area contributed by atoms with E-state index in [1.165, 1.54) is 32.1 Å². The summed E-state index contributed by atoms with van der Waals surface area (Å²) in [4.78, 5) is 11.8. The zero-order chi connectivity index (χ0) is 13.5. The van der Waals surface area contributed by atoms with Gasteiger partial charge in [0, 0.05) is 13.2 Å². The van der Waals surface area contributed by atoms with Crippen molar-refractivity contribution in [1.29, 1.82) is 0 Å². The zero-order valence-electron chi connectivity index (χ0n) is 11.9. The lowest BCUT2D eigenvalue weighted by molar-refractivity contribution is -0.124. The van der Waals surface area contributed by atoms with Crippen molar-refractivity contribution in [1.82, 2.24) is 5.32 Å². The van der Waals surface area contributed by atoms with E-state index in [0.717, 1.165) is 5.92 Å². The first-order valence-electron chi connectivity index (χ1n) is 7.11. The Morgan fingerprint density at radius 3 is 2.50 bits per heavy atom. The molecule has 1 aliphatic carbocycles. The molecule has 0 spiro atoms. The molecule has 1 amide bonds. The third kappa shape index (κ3) is 4.58. The fourth-order valence-corrected chi connectivity index (χ4v) is 2.79. The molecule has 1 fully saturated rings.